The van der Waals surface area contributed by atoms with E-state index in [4.69, 9.17) is 0 Å². The molecule has 37 heavy (non-hydrogen) atoms. The summed E-state index contributed by atoms with van der Waals surface area (Å²) in [6.45, 7) is 1.25. The highest BCUT2D eigenvalue weighted by molar-refractivity contribution is 8.16. The summed E-state index contributed by atoms with van der Waals surface area (Å²) in [5, 5.41) is 2.46. The zero-order chi connectivity index (χ0) is 26.7. The van der Waals surface area contributed by atoms with Gasteiger partial charge in [0.05, 0.1) is 18.9 Å². The maximum atomic E-state index is 14.9. The minimum absolute atomic E-state index is 0.143. The van der Waals surface area contributed by atoms with Crippen molar-refractivity contribution < 1.29 is 30.7 Å². The van der Waals surface area contributed by atoms with Crippen molar-refractivity contribution in [2.24, 2.45) is 0 Å². The second kappa shape index (κ2) is 12.4. The second-order valence-corrected chi connectivity index (χ2v) is 15.9. The van der Waals surface area contributed by atoms with Crippen LogP contribution >= 0.6 is 14.4 Å². The highest BCUT2D eigenvalue weighted by Crippen LogP contribution is 2.70. The second-order valence-electron chi connectivity index (χ2n) is 9.57. The van der Waals surface area contributed by atoms with Crippen molar-refractivity contribution in [2.75, 3.05) is 13.3 Å². The quantitative estimate of drug-likeness (QED) is 0.0841. The van der Waals surface area contributed by atoms with E-state index in [9.17, 15) is 30.7 Å². The van der Waals surface area contributed by atoms with Crippen molar-refractivity contribution >= 4 is 36.3 Å². The zero-order valence-electron chi connectivity index (χ0n) is 20.8. The van der Waals surface area contributed by atoms with Crippen molar-refractivity contribution in [3.05, 3.63) is 57.9 Å². The average molecular weight is 562 g/mol. The number of rotatable bonds is 13. The molecule has 0 fully saturated rings. The van der Waals surface area contributed by atoms with Crippen LogP contribution in [0.1, 0.15) is 80.9 Å². The molecule has 0 saturated carbocycles. The molecule has 0 N–H and O–H groups in total. The van der Waals surface area contributed by atoms with Crippen LogP contribution in [-0.2, 0) is 12.3 Å². The van der Waals surface area contributed by atoms with E-state index in [1.807, 2.05) is 13.0 Å². The van der Waals surface area contributed by atoms with Gasteiger partial charge in [0, 0.05) is 16.2 Å². The Kier molecular flexibility index (Phi) is 9.51. The molecule has 1 aromatic heterocycles. The van der Waals surface area contributed by atoms with E-state index in [2.05, 4.69) is 6.07 Å². The van der Waals surface area contributed by atoms with E-state index < -0.39 is 55.0 Å². The third kappa shape index (κ3) is 5.28. The first kappa shape index (κ1) is 28.3. The van der Waals surface area contributed by atoms with Gasteiger partial charge in [0.15, 0.2) is 23.3 Å². The van der Waals surface area contributed by atoms with Crippen LogP contribution in [0.3, 0.4) is 0 Å². The minimum atomic E-state index is -2.15. The molecule has 0 saturated heterocycles. The van der Waals surface area contributed by atoms with Crippen molar-refractivity contribution in [2.45, 2.75) is 76.5 Å². The van der Waals surface area contributed by atoms with Crippen molar-refractivity contribution in [1.82, 2.24) is 0 Å². The maximum Gasteiger partial charge on any atom is 0.200 e. The van der Waals surface area contributed by atoms with Crippen molar-refractivity contribution in [1.29, 1.82) is 0 Å². The molecule has 202 valence electrons. The van der Waals surface area contributed by atoms with Crippen LogP contribution in [0.5, 0.6) is 0 Å². The minimum Gasteiger partial charge on any atom is -0.251 e. The van der Waals surface area contributed by atoms with Crippen LogP contribution in [0, 0.1) is 29.1 Å². The maximum absolute atomic E-state index is 14.9. The predicted molar refractivity (Wildman–Crippen MR) is 141 cm³/mol. The standard InChI is InChI=1S/C28H31F7P2/c1-2-9-18-19(22-23(31)25(33)27(35)26(34)24(22)32)16-17-10-11-20-28(21(17)18)37(15-8-4-6-13-30)36(20)14-7-3-5-12-29/h10-11,16,18H,2-9,12-15H2,1H3. The Balaban J connectivity index is 1.79. The summed E-state index contributed by atoms with van der Waals surface area (Å²) in [5.41, 5.74) is 1.06. The third-order valence-electron chi connectivity index (χ3n) is 7.17. The number of hydrogen-bond donors (Lipinski definition) is 0. The Bertz CT molecular complexity index is 1260. The summed E-state index contributed by atoms with van der Waals surface area (Å²) in [6.07, 6.45) is 9.21. The van der Waals surface area contributed by atoms with Gasteiger partial charge in [-0.3, -0.25) is 8.78 Å². The Morgan fingerprint density at radius 2 is 1.27 bits per heavy atom. The van der Waals surface area contributed by atoms with Crippen LogP contribution in [0.15, 0.2) is 12.1 Å². The summed E-state index contributed by atoms with van der Waals surface area (Å²) in [4.78, 5) is 0. The van der Waals surface area contributed by atoms with E-state index in [0.29, 0.717) is 25.7 Å². The normalized spacial score (nSPS) is 16.1. The first-order valence-electron chi connectivity index (χ1n) is 12.9. The molecule has 1 aliphatic carbocycles. The summed E-state index contributed by atoms with van der Waals surface area (Å²) in [6, 6.07) is 3.96. The molecule has 0 aliphatic heterocycles. The third-order valence-corrected chi connectivity index (χ3v) is 15.5. The fraction of sp³-hybridized carbons (Fsp3) is 0.500. The van der Waals surface area contributed by atoms with E-state index in [1.165, 1.54) is 10.2 Å². The number of halogens is 7. The fourth-order valence-corrected chi connectivity index (χ4v) is 14.4. The zero-order valence-corrected chi connectivity index (χ0v) is 22.6. The topological polar surface area (TPSA) is 0 Å². The first-order valence-corrected chi connectivity index (χ1v) is 16.7. The Labute approximate surface area is 215 Å². The van der Waals surface area contributed by atoms with E-state index >= 15 is 0 Å². The number of alkyl halides is 2. The molecule has 3 aromatic rings. The van der Waals surface area contributed by atoms with Gasteiger partial charge in [-0.15, -0.1) is 0 Å². The van der Waals surface area contributed by atoms with Crippen LogP contribution in [0.4, 0.5) is 30.7 Å². The van der Waals surface area contributed by atoms with E-state index in [-0.39, 0.29) is 18.9 Å². The molecule has 1 heterocycles. The lowest BCUT2D eigenvalue weighted by Crippen LogP contribution is -2.09. The molecule has 3 unspecified atom stereocenters. The lowest BCUT2D eigenvalue weighted by molar-refractivity contribution is 0.376. The van der Waals surface area contributed by atoms with E-state index in [1.54, 1.807) is 6.08 Å². The number of fused-ring (bicyclic) bond motifs is 3. The van der Waals surface area contributed by atoms with E-state index in [0.717, 1.165) is 49.1 Å². The summed E-state index contributed by atoms with van der Waals surface area (Å²) >= 11 is 0. The van der Waals surface area contributed by atoms with Gasteiger partial charge in [-0.1, -0.05) is 46.7 Å². The van der Waals surface area contributed by atoms with Gasteiger partial charge in [-0.05, 0) is 73.3 Å². The molecule has 0 bridgehead atoms. The molecule has 0 nitrogen and oxygen atoms in total. The number of benzene rings is 2. The molecule has 1 aliphatic rings. The molecule has 0 spiro atoms. The smallest absolute Gasteiger partial charge is 0.200 e. The van der Waals surface area contributed by atoms with Gasteiger partial charge in [-0.25, -0.2) is 22.0 Å². The Morgan fingerprint density at radius 3 is 1.84 bits per heavy atom. The number of hydrogen-bond acceptors (Lipinski definition) is 0. The molecular weight excluding hydrogens is 531 g/mol. The largest absolute Gasteiger partial charge is 0.251 e. The van der Waals surface area contributed by atoms with Crippen molar-refractivity contribution in [3.8, 4) is 0 Å². The summed E-state index contributed by atoms with van der Waals surface area (Å²) < 4.78 is 96.9. The predicted octanol–water partition coefficient (Wildman–Crippen LogP) is 11.2. The summed E-state index contributed by atoms with van der Waals surface area (Å²) in [7, 11) is -0.993. The summed E-state index contributed by atoms with van der Waals surface area (Å²) in [5.74, 6) is -10.1. The molecule has 3 atom stereocenters. The van der Waals surface area contributed by atoms with Gasteiger partial charge >= 0.3 is 0 Å². The average Bonchev–Trinajstić information content (AvgIpc) is 3.23. The van der Waals surface area contributed by atoms with Crippen LogP contribution in [0.25, 0.3) is 21.9 Å². The SMILES string of the molecule is CCCC1C(c2c(F)c(F)c(F)c(F)c2F)=Cc2ccc3c(c21)p(CCCCCF)p3CCCCCF. The fourth-order valence-electron chi connectivity index (χ4n) is 5.45. The highest BCUT2D eigenvalue weighted by Gasteiger charge is 2.36. The molecule has 9 heteroatoms. The van der Waals surface area contributed by atoms with Crippen LogP contribution in [0.2, 0.25) is 0 Å². The molecule has 4 rings (SSSR count). The Hall–Kier alpha value is -1.71. The molecular formula is C28H31F7P2. The van der Waals surface area contributed by atoms with Crippen molar-refractivity contribution in [3.63, 3.8) is 0 Å². The monoisotopic (exact) mass is 562 g/mol. The van der Waals surface area contributed by atoms with Crippen LogP contribution < -0.4 is 0 Å². The Morgan fingerprint density at radius 1 is 0.703 bits per heavy atom. The van der Waals surface area contributed by atoms with Gasteiger partial charge < -0.3 is 0 Å². The number of allylic oxidation sites excluding steroid dienone is 1. The van der Waals surface area contributed by atoms with Gasteiger partial charge in [0.1, 0.15) is 0 Å². The highest BCUT2D eigenvalue weighted by atomic mass is 31.9. The van der Waals surface area contributed by atoms with Gasteiger partial charge in [0.2, 0.25) is 5.82 Å². The lowest BCUT2D eigenvalue weighted by Gasteiger charge is -2.27. The molecule has 0 amide bonds. The molecule has 2 aromatic carbocycles. The number of aryl methyl sites for hydroxylation is 2. The van der Waals surface area contributed by atoms with Gasteiger partial charge in [0.25, 0.3) is 0 Å². The lowest BCUT2D eigenvalue weighted by atomic mass is 9.87. The molecule has 0 radical (unpaired) electrons. The number of unbranched alkanes of at least 4 members (excludes halogenated alkanes) is 4. The van der Waals surface area contributed by atoms with Crippen LogP contribution in [-0.4, -0.2) is 13.3 Å². The van der Waals surface area contributed by atoms with Gasteiger partial charge in [-0.2, -0.15) is 0 Å². The first-order chi connectivity index (χ1) is 17.9.